The fourth-order valence-corrected chi connectivity index (χ4v) is 5.77. The van der Waals surface area contributed by atoms with Crippen molar-refractivity contribution < 1.29 is 13.2 Å². The first-order valence-corrected chi connectivity index (χ1v) is 12.4. The van der Waals surface area contributed by atoms with Gasteiger partial charge in [-0.2, -0.15) is 4.31 Å². The maximum atomic E-state index is 12.8. The molecular weight excluding hydrogens is 412 g/mol. The monoisotopic (exact) mass is 442 g/mol. The van der Waals surface area contributed by atoms with E-state index in [4.69, 9.17) is 10.5 Å². The van der Waals surface area contributed by atoms with Crippen molar-refractivity contribution in [1.82, 2.24) is 4.31 Å². The van der Waals surface area contributed by atoms with Gasteiger partial charge < -0.3 is 15.8 Å². The van der Waals surface area contributed by atoms with Gasteiger partial charge in [0, 0.05) is 18.8 Å². The number of aliphatic imine (C=N–C) groups is 1. The zero-order valence-corrected chi connectivity index (χ0v) is 18.5. The van der Waals surface area contributed by atoms with Gasteiger partial charge in [0.25, 0.3) is 0 Å². The Labute approximate surface area is 184 Å². The number of aryl methyl sites for hydroxylation is 1. The van der Waals surface area contributed by atoms with Crippen molar-refractivity contribution in [2.24, 2.45) is 10.7 Å². The Balaban J connectivity index is 1.46. The van der Waals surface area contributed by atoms with Gasteiger partial charge in [-0.05, 0) is 54.0 Å². The molecule has 2 aromatic rings. The van der Waals surface area contributed by atoms with Crippen molar-refractivity contribution in [3.8, 4) is 0 Å². The number of hydrogen-bond acceptors (Lipinski definition) is 4. The van der Waals surface area contributed by atoms with Crippen LogP contribution in [0.4, 0.5) is 5.69 Å². The first-order chi connectivity index (χ1) is 15.0. The fraction of sp³-hybridized carbons (Fsp3) is 0.435. The molecule has 166 valence electrons. The summed E-state index contributed by atoms with van der Waals surface area (Å²) < 4.78 is 32.4. The van der Waals surface area contributed by atoms with E-state index < -0.39 is 10.0 Å². The first-order valence-electron chi connectivity index (χ1n) is 10.8. The zero-order chi connectivity index (χ0) is 21.7. The zero-order valence-electron chi connectivity index (χ0n) is 17.7. The summed E-state index contributed by atoms with van der Waals surface area (Å²) in [4.78, 5) is 4.50. The highest BCUT2D eigenvalue weighted by Gasteiger charge is 2.25. The van der Waals surface area contributed by atoms with Crippen LogP contribution in [-0.2, 0) is 39.9 Å². The number of nitrogens with two attached hydrogens (primary N) is 1. The van der Waals surface area contributed by atoms with Crippen molar-refractivity contribution in [3.63, 3.8) is 0 Å². The predicted molar refractivity (Wildman–Crippen MR) is 123 cm³/mol. The molecule has 4 rings (SSSR count). The van der Waals surface area contributed by atoms with Crippen molar-refractivity contribution in [2.75, 3.05) is 31.6 Å². The molecule has 0 amide bonds. The second-order valence-electron chi connectivity index (χ2n) is 8.01. The molecule has 8 heteroatoms. The number of benzene rings is 2. The van der Waals surface area contributed by atoms with E-state index in [1.54, 1.807) is 0 Å². The van der Waals surface area contributed by atoms with Crippen LogP contribution in [0.3, 0.4) is 0 Å². The van der Waals surface area contributed by atoms with Crippen LogP contribution in [0.25, 0.3) is 0 Å². The average molecular weight is 443 g/mol. The lowest BCUT2D eigenvalue weighted by Crippen LogP contribution is -2.41. The summed E-state index contributed by atoms with van der Waals surface area (Å²) in [6.07, 6.45) is 4.57. The van der Waals surface area contributed by atoms with E-state index in [0.717, 1.165) is 29.7 Å². The van der Waals surface area contributed by atoms with Crippen molar-refractivity contribution >= 4 is 21.7 Å². The molecule has 1 saturated heterocycles. The summed E-state index contributed by atoms with van der Waals surface area (Å²) in [5, 5.41) is 3.25. The molecule has 3 N–H and O–H groups in total. The van der Waals surface area contributed by atoms with Crippen molar-refractivity contribution in [2.45, 2.75) is 38.0 Å². The number of guanidine groups is 1. The molecule has 0 aromatic heterocycles. The molecule has 31 heavy (non-hydrogen) atoms. The van der Waals surface area contributed by atoms with E-state index >= 15 is 0 Å². The van der Waals surface area contributed by atoms with E-state index in [1.807, 2.05) is 36.4 Å². The lowest BCUT2D eigenvalue weighted by Gasteiger charge is -2.26. The van der Waals surface area contributed by atoms with Gasteiger partial charge in [-0.25, -0.2) is 13.4 Å². The third-order valence-corrected chi connectivity index (χ3v) is 7.73. The standard InChI is InChI=1S/C23H30N4O3S/c24-23(26-22-11-5-9-18-6-3-4-10-21(18)22)25-16-19-7-1-2-8-20(19)17-31(28,29)27-12-14-30-15-13-27/h1-2,5,7-9,11H,3-4,6,10,12-17H2,(H3,24,25,26). The number of hydrogen-bond donors (Lipinski definition) is 2. The second-order valence-corrected chi connectivity index (χ2v) is 9.98. The summed E-state index contributed by atoms with van der Waals surface area (Å²) >= 11 is 0. The molecule has 2 aliphatic rings. The topological polar surface area (TPSA) is 97.0 Å². The van der Waals surface area contributed by atoms with Gasteiger partial charge in [-0.15, -0.1) is 0 Å². The number of ether oxygens (including phenoxy) is 1. The van der Waals surface area contributed by atoms with Crippen molar-refractivity contribution in [3.05, 3.63) is 64.7 Å². The second kappa shape index (κ2) is 9.80. The highest BCUT2D eigenvalue weighted by molar-refractivity contribution is 7.88. The van der Waals surface area contributed by atoms with E-state index in [1.165, 1.54) is 28.3 Å². The summed E-state index contributed by atoms with van der Waals surface area (Å²) in [6.45, 7) is 2.01. The summed E-state index contributed by atoms with van der Waals surface area (Å²) in [7, 11) is -3.40. The van der Waals surface area contributed by atoms with Gasteiger partial charge in [-0.1, -0.05) is 36.4 Å². The van der Waals surface area contributed by atoms with Gasteiger partial charge in [0.2, 0.25) is 10.0 Å². The highest BCUT2D eigenvalue weighted by atomic mass is 32.2. The van der Waals surface area contributed by atoms with E-state index in [-0.39, 0.29) is 5.75 Å². The molecule has 0 saturated carbocycles. The Kier molecular flexibility index (Phi) is 6.89. The summed E-state index contributed by atoms with van der Waals surface area (Å²) in [6, 6.07) is 13.8. The van der Waals surface area contributed by atoms with E-state index in [9.17, 15) is 8.42 Å². The van der Waals surface area contributed by atoms with Crippen LogP contribution < -0.4 is 11.1 Å². The maximum Gasteiger partial charge on any atom is 0.218 e. The summed E-state index contributed by atoms with van der Waals surface area (Å²) in [5.74, 6) is 0.294. The number of nitrogens with one attached hydrogen (secondary N) is 1. The highest BCUT2D eigenvalue weighted by Crippen LogP contribution is 2.27. The molecule has 1 fully saturated rings. The molecule has 1 aliphatic heterocycles. The molecule has 0 atom stereocenters. The molecule has 0 radical (unpaired) electrons. The largest absolute Gasteiger partial charge is 0.379 e. The average Bonchev–Trinajstić information content (AvgIpc) is 2.79. The Morgan fingerprint density at radius 3 is 2.58 bits per heavy atom. The van der Waals surface area contributed by atoms with Gasteiger partial charge in [0.15, 0.2) is 5.96 Å². The number of morpholine rings is 1. The van der Waals surface area contributed by atoms with Crippen LogP contribution in [0.1, 0.15) is 35.1 Å². The third-order valence-electron chi connectivity index (χ3n) is 5.90. The molecule has 1 aliphatic carbocycles. The summed E-state index contributed by atoms with van der Waals surface area (Å²) in [5.41, 5.74) is 11.5. The van der Waals surface area contributed by atoms with Crippen molar-refractivity contribution in [1.29, 1.82) is 0 Å². The normalized spacial score (nSPS) is 17.9. The SMILES string of the molecule is NC(=NCc1ccccc1CS(=O)(=O)N1CCOCC1)Nc1cccc2c1CCCC2. The predicted octanol–water partition coefficient (Wildman–Crippen LogP) is 2.65. The molecular formula is C23H30N4O3S. The van der Waals surface area contributed by atoms with E-state index in [0.29, 0.717) is 38.8 Å². The van der Waals surface area contributed by atoms with Crippen LogP contribution in [0.15, 0.2) is 47.5 Å². The van der Waals surface area contributed by atoms with Crippen LogP contribution in [0.2, 0.25) is 0 Å². The fourth-order valence-electron chi connectivity index (χ4n) is 4.21. The number of nitrogens with zero attached hydrogens (tertiary/aromatic N) is 2. The lowest BCUT2D eigenvalue weighted by molar-refractivity contribution is 0.0729. The van der Waals surface area contributed by atoms with Crippen LogP contribution in [0.5, 0.6) is 0 Å². The minimum atomic E-state index is -3.40. The van der Waals surface area contributed by atoms with Gasteiger partial charge in [0.05, 0.1) is 25.5 Å². The molecule has 0 bridgehead atoms. The molecule has 0 unspecified atom stereocenters. The number of fused-ring (bicyclic) bond motifs is 1. The number of sulfonamides is 1. The maximum absolute atomic E-state index is 12.8. The Hall–Kier alpha value is -2.42. The molecule has 1 heterocycles. The minimum Gasteiger partial charge on any atom is -0.379 e. The number of rotatable bonds is 6. The quantitative estimate of drug-likeness (QED) is 0.530. The van der Waals surface area contributed by atoms with Crippen LogP contribution in [0, 0.1) is 0 Å². The van der Waals surface area contributed by atoms with Gasteiger partial charge in [-0.3, -0.25) is 0 Å². The van der Waals surface area contributed by atoms with Gasteiger partial charge in [0.1, 0.15) is 0 Å². The smallest absolute Gasteiger partial charge is 0.218 e. The molecule has 7 nitrogen and oxygen atoms in total. The minimum absolute atomic E-state index is 0.0434. The van der Waals surface area contributed by atoms with Crippen LogP contribution >= 0.6 is 0 Å². The molecule has 2 aromatic carbocycles. The van der Waals surface area contributed by atoms with E-state index in [2.05, 4.69) is 16.4 Å². The Morgan fingerprint density at radius 1 is 1.03 bits per heavy atom. The van der Waals surface area contributed by atoms with Crippen LogP contribution in [-0.4, -0.2) is 45.0 Å². The first kappa shape index (κ1) is 21.8. The Morgan fingerprint density at radius 2 is 1.77 bits per heavy atom. The molecule has 0 spiro atoms. The van der Waals surface area contributed by atoms with Gasteiger partial charge >= 0.3 is 0 Å². The number of anilines is 1. The third kappa shape index (κ3) is 5.44. The Bertz CT molecular complexity index is 1050. The lowest BCUT2D eigenvalue weighted by atomic mass is 9.90.